The van der Waals surface area contributed by atoms with Crippen molar-refractivity contribution in [1.29, 1.82) is 0 Å². The fourth-order valence-corrected chi connectivity index (χ4v) is 3.15. The first-order valence-corrected chi connectivity index (χ1v) is 10.8. The molecule has 2 heterocycles. The molecule has 0 radical (unpaired) electrons. The summed E-state index contributed by atoms with van der Waals surface area (Å²) < 4.78 is 9.10. The highest BCUT2D eigenvalue weighted by Gasteiger charge is 2.32. The lowest BCUT2D eigenvalue weighted by Crippen LogP contribution is -2.38. The van der Waals surface area contributed by atoms with Crippen molar-refractivity contribution < 1.29 is 9.22 Å². The second-order valence-electron chi connectivity index (χ2n) is 6.65. The number of carbonyl (C=O) groups is 1. The Morgan fingerprint density at radius 2 is 1.41 bits per heavy atom. The average Bonchev–Trinajstić information content (AvgIpc) is 2.81. The van der Waals surface area contributed by atoms with Gasteiger partial charge in [-0.2, -0.15) is 10.2 Å². The molecule has 0 aliphatic rings. The van der Waals surface area contributed by atoms with Crippen molar-refractivity contribution in [1.82, 2.24) is 19.6 Å². The van der Waals surface area contributed by atoms with Crippen molar-refractivity contribution in [2.45, 2.75) is 53.5 Å². The molecule has 2 aromatic rings. The Morgan fingerprint density at radius 1 is 1.00 bits per heavy atom. The quantitative estimate of drug-likeness (QED) is 0.813. The first-order valence-electron chi connectivity index (χ1n) is 7.37. The largest absolute Gasteiger partial charge is 0.517 e. The number of aromatic nitrogens is 4. The molecule has 7 heteroatoms. The maximum atomic E-state index is 12.8. The molecule has 0 aliphatic carbocycles. The number of aryl methyl sites for hydroxylation is 4. The minimum absolute atomic E-state index is 0.309. The second-order valence-corrected chi connectivity index (χ2v) is 11.1. The molecule has 120 valence electrons. The summed E-state index contributed by atoms with van der Waals surface area (Å²) in [6.07, 6.45) is -0.700. The third-order valence-corrected chi connectivity index (χ3v) is 3.98. The Hall–Kier alpha value is -1.89. The topological polar surface area (TPSA) is 61.9 Å². The van der Waals surface area contributed by atoms with E-state index in [0.29, 0.717) is 0 Å². The first-order chi connectivity index (χ1) is 10.1. The molecule has 0 amide bonds. The van der Waals surface area contributed by atoms with Crippen molar-refractivity contribution in [2.24, 2.45) is 0 Å². The van der Waals surface area contributed by atoms with Crippen molar-refractivity contribution in [3.63, 3.8) is 0 Å². The maximum Gasteiger partial charge on any atom is 0.340 e. The van der Waals surface area contributed by atoms with Crippen LogP contribution < -0.4 is 0 Å². The lowest BCUT2D eigenvalue weighted by Gasteiger charge is -2.24. The lowest BCUT2D eigenvalue weighted by atomic mass is 10.3. The van der Waals surface area contributed by atoms with Crippen LogP contribution in [0.1, 0.15) is 28.9 Å². The molecule has 0 spiro atoms. The zero-order chi connectivity index (χ0) is 16.7. The Kier molecular flexibility index (Phi) is 4.28. The fourth-order valence-electron chi connectivity index (χ4n) is 2.45. The zero-order valence-corrected chi connectivity index (χ0v) is 15.3. The Bertz CT molecular complexity index is 651. The Balaban J connectivity index is 2.52. The Morgan fingerprint density at radius 3 is 1.68 bits per heavy atom. The molecular weight excluding hydrogens is 296 g/mol. The molecule has 0 saturated heterocycles. The van der Waals surface area contributed by atoms with E-state index in [-0.39, 0.29) is 5.97 Å². The summed E-state index contributed by atoms with van der Waals surface area (Å²) >= 11 is 0. The summed E-state index contributed by atoms with van der Waals surface area (Å²) in [4.78, 5) is 12.8. The molecule has 0 aliphatic heterocycles. The van der Waals surface area contributed by atoms with E-state index in [9.17, 15) is 4.79 Å². The van der Waals surface area contributed by atoms with Gasteiger partial charge in [0.2, 0.25) is 14.5 Å². The van der Waals surface area contributed by atoms with Gasteiger partial charge in [0.1, 0.15) is 0 Å². The van der Waals surface area contributed by atoms with Gasteiger partial charge in [0.25, 0.3) is 0 Å². The molecule has 6 nitrogen and oxygen atoms in total. The average molecular weight is 320 g/mol. The van der Waals surface area contributed by atoms with E-state index in [1.807, 2.05) is 59.5 Å². The molecule has 0 unspecified atom stereocenters. The summed E-state index contributed by atoms with van der Waals surface area (Å²) in [7, 11) is -2.00. The predicted molar refractivity (Wildman–Crippen MR) is 87.3 cm³/mol. The smallest absolute Gasteiger partial charge is 0.340 e. The number of nitrogens with zero attached hydrogens (tertiary/aromatic N) is 4. The highest BCUT2D eigenvalue weighted by molar-refractivity contribution is 6.71. The maximum absolute atomic E-state index is 12.8. The van der Waals surface area contributed by atoms with Crippen molar-refractivity contribution in [3.05, 3.63) is 34.9 Å². The SMILES string of the molecule is Cc1cc(C)n(C(C(=O)O[Si](C)(C)C)n2nc(C)cc2C)n1. The molecule has 0 saturated carbocycles. The van der Waals surface area contributed by atoms with E-state index in [0.717, 1.165) is 22.8 Å². The van der Waals surface area contributed by atoms with Crippen LogP contribution in [0.15, 0.2) is 12.1 Å². The van der Waals surface area contributed by atoms with Crippen molar-refractivity contribution in [2.75, 3.05) is 0 Å². The Labute approximate surface area is 132 Å². The summed E-state index contributed by atoms with van der Waals surface area (Å²) in [6.45, 7) is 13.7. The van der Waals surface area contributed by atoms with Gasteiger partial charge in [0, 0.05) is 11.4 Å². The number of rotatable bonds is 4. The van der Waals surface area contributed by atoms with Crippen LogP contribution in [-0.2, 0) is 9.22 Å². The predicted octanol–water partition coefficient (Wildman–Crippen LogP) is 2.74. The monoisotopic (exact) mass is 320 g/mol. The summed E-state index contributed by atoms with van der Waals surface area (Å²) in [5.74, 6) is -0.309. The van der Waals surface area contributed by atoms with Gasteiger partial charge in [-0.25, -0.2) is 14.2 Å². The molecule has 0 atom stereocenters. The second kappa shape index (κ2) is 5.72. The van der Waals surface area contributed by atoms with Gasteiger partial charge < -0.3 is 4.43 Å². The van der Waals surface area contributed by atoms with Gasteiger partial charge in [-0.05, 0) is 59.5 Å². The molecule has 0 bridgehead atoms. The van der Waals surface area contributed by atoms with Gasteiger partial charge in [0.05, 0.1) is 11.4 Å². The van der Waals surface area contributed by atoms with Crippen LogP contribution in [0.4, 0.5) is 0 Å². The molecule has 2 aromatic heterocycles. The van der Waals surface area contributed by atoms with E-state index < -0.39 is 14.5 Å². The van der Waals surface area contributed by atoms with Gasteiger partial charge >= 0.3 is 5.97 Å². The zero-order valence-electron chi connectivity index (χ0n) is 14.3. The van der Waals surface area contributed by atoms with Crippen molar-refractivity contribution >= 4 is 14.3 Å². The van der Waals surface area contributed by atoms with Crippen molar-refractivity contribution in [3.8, 4) is 0 Å². The molecule has 0 aromatic carbocycles. The fraction of sp³-hybridized carbons (Fsp3) is 0.533. The number of carbonyl (C=O) groups excluding carboxylic acids is 1. The normalized spacial score (nSPS) is 12.0. The summed E-state index contributed by atoms with van der Waals surface area (Å²) in [5, 5.41) is 8.92. The molecule has 0 N–H and O–H groups in total. The van der Waals surface area contributed by atoms with E-state index in [2.05, 4.69) is 10.2 Å². The first kappa shape index (κ1) is 16.5. The van der Waals surface area contributed by atoms with Crippen LogP contribution in [0.25, 0.3) is 0 Å². The minimum atomic E-state index is -2.00. The lowest BCUT2D eigenvalue weighted by molar-refractivity contribution is -0.140. The standard InChI is InChI=1S/C15H24N4O2Si/c1-10-8-12(3)18(16-10)14(15(20)21-22(5,6)7)19-13(4)9-11(2)17-19/h8-9,14H,1-7H3. The van der Waals surface area contributed by atoms with Crippen LogP contribution in [0, 0.1) is 27.7 Å². The van der Waals surface area contributed by atoms with Crippen LogP contribution in [-0.4, -0.2) is 33.8 Å². The molecule has 2 rings (SSSR count). The minimum Gasteiger partial charge on any atom is -0.517 e. The molecular formula is C15H24N4O2Si. The van der Waals surface area contributed by atoms with Crippen LogP contribution in [0.5, 0.6) is 0 Å². The highest BCUT2D eigenvalue weighted by Crippen LogP contribution is 2.20. The number of hydrogen-bond acceptors (Lipinski definition) is 4. The molecule has 22 heavy (non-hydrogen) atoms. The van der Waals surface area contributed by atoms with Gasteiger partial charge in [-0.15, -0.1) is 0 Å². The summed E-state index contributed by atoms with van der Waals surface area (Å²) in [6, 6.07) is 3.89. The van der Waals surface area contributed by atoms with Gasteiger partial charge in [-0.3, -0.25) is 0 Å². The van der Waals surface area contributed by atoms with Crippen LogP contribution in [0.3, 0.4) is 0 Å². The molecule has 0 fully saturated rings. The van der Waals surface area contributed by atoms with Crippen LogP contribution >= 0.6 is 0 Å². The van der Waals surface area contributed by atoms with E-state index in [1.165, 1.54) is 0 Å². The third-order valence-electron chi connectivity index (χ3n) is 3.17. The number of hydrogen-bond donors (Lipinski definition) is 0. The van der Waals surface area contributed by atoms with Crippen LogP contribution in [0.2, 0.25) is 19.6 Å². The summed E-state index contributed by atoms with van der Waals surface area (Å²) in [5.41, 5.74) is 3.54. The highest BCUT2D eigenvalue weighted by atomic mass is 28.4. The third kappa shape index (κ3) is 3.46. The van der Waals surface area contributed by atoms with Gasteiger partial charge in [-0.1, -0.05) is 0 Å². The van der Waals surface area contributed by atoms with E-state index in [4.69, 9.17) is 4.43 Å². The van der Waals surface area contributed by atoms with E-state index in [1.54, 1.807) is 9.36 Å². The van der Waals surface area contributed by atoms with E-state index >= 15 is 0 Å². The van der Waals surface area contributed by atoms with Gasteiger partial charge in [0.15, 0.2) is 0 Å².